The van der Waals surface area contributed by atoms with E-state index in [0.717, 1.165) is 47.4 Å². The molecule has 28 heavy (non-hydrogen) atoms. The molecule has 1 aliphatic rings. The highest BCUT2D eigenvalue weighted by molar-refractivity contribution is 6.00. The van der Waals surface area contributed by atoms with E-state index >= 15 is 0 Å². The van der Waals surface area contributed by atoms with E-state index in [4.69, 9.17) is 4.42 Å². The fraction of sp³-hybridized carbons (Fsp3) is 0.381. The van der Waals surface area contributed by atoms with E-state index in [1.807, 2.05) is 29.2 Å². The fourth-order valence-corrected chi connectivity index (χ4v) is 3.70. The first-order chi connectivity index (χ1) is 13.7. The monoisotopic (exact) mass is 379 g/mol. The normalized spacial score (nSPS) is 14.9. The number of anilines is 2. The van der Waals surface area contributed by atoms with E-state index < -0.39 is 0 Å². The zero-order valence-electron chi connectivity index (χ0n) is 16.3. The van der Waals surface area contributed by atoms with E-state index in [1.54, 1.807) is 12.4 Å². The number of nitrogens with zero attached hydrogens (tertiary/aromatic N) is 4. The van der Waals surface area contributed by atoms with Crippen molar-refractivity contribution in [2.75, 3.05) is 36.4 Å². The van der Waals surface area contributed by atoms with Gasteiger partial charge in [-0.3, -0.25) is 0 Å². The Morgan fingerprint density at radius 2 is 1.96 bits per heavy atom. The molecular formula is C21H25N5O2. The standard InChI is InChI=1S/C21H25N5O2/c1-3-18-15(2)16-7-4-8-17(19(16)28-18)24-21(27)26-12-6-11-25(13-14-26)20-22-9-5-10-23-20/h4-5,7-10H,3,6,11-14H2,1-2H3,(H,24,27). The number of furan rings is 1. The number of para-hydroxylation sites is 1. The third-order valence-corrected chi connectivity index (χ3v) is 5.24. The lowest BCUT2D eigenvalue weighted by atomic mass is 10.1. The van der Waals surface area contributed by atoms with Gasteiger partial charge in [-0.2, -0.15) is 0 Å². The summed E-state index contributed by atoms with van der Waals surface area (Å²) in [5.41, 5.74) is 2.61. The van der Waals surface area contributed by atoms with Crippen molar-refractivity contribution in [1.29, 1.82) is 0 Å². The summed E-state index contributed by atoms with van der Waals surface area (Å²) in [7, 11) is 0. The maximum atomic E-state index is 12.9. The van der Waals surface area contributed by atoms with Gasteiger partial charge in [0, 0.05) is 50.4 Å². The van der Waals surface area contributed by atoms with Gasteiger partial charge in [0.15, 0.2) is 5.58 Å². The number of carbonyl (C=O) groups excluding carboxylic acids is 1. The Kier molecular flexibility index (Phi) is 5.14. The minimum Gasteiger partial charge on any atom is -0.459 e. The van der Waals surface area contributed by atoms with E-state index in [2.05, 4.69) is 34.0 Å². The highest BCUT2D eigenvalue weighted by Crippen LogP contribution is 2.31. The van der Waals surface area contributed by atoms with Crippen molar-refractivity contribution in [2.24, 2.45) is 0 Å². The number of nitrogens with one attached hydrogen (secondary N) is 1. The van der Waals surface area contributed by atoms with Crippen LogP contribution in [0.2, 0.25) is 0 Å². The van der Waals surface area contributed by atoms with E-state index in [1.165, 1.54) is 0 Å². The number of hydrogen-bond acceptors (Lipinski definition) is 5. The average molecular weight is 379 g/mol. The molecule has 7 nitrogen and oxygen atoms in total. The van der Waals surface area contributed by atoms with E-state index in [9.17, 15) is 4.79 Å². The predicted octanol–water partition coefficient (Wildman–Crippen LogP) is 3.84. The van der Waals surface area contributed by atoms with Crippen molar-refractivity contribution in [3.63, 3.8) is 0 Å². The summed E-state index contributed by atoms with van der Waals surface area (Å²) in [6, 6.07) is 7.59. The van der Waals surface area contributed by atoms with Crippen molar-refractivity contribution in [3.05, 3.63) is 48.0 Å². The zero-order chi connectivity index (χ0) is 19.5. The predicted molar refractivity (Wildman–Crippen MR) is 110 cm³/mol. The first kappa shape index (κ1) is 18.3. The van der Waals surface area contributed by atoms with E-state index in [-0.39, 0.29) is 6.03 Å². The van der Waals surface area contributed by atoms with Gasteiger partial charge in [-0.25, -0.2) is 14.8 Å². The first-order valence-electron chi connectivity index (χ1n) is 9.76. The van der Waals surface area contributed by atoms with Gasteiger partial charge in [-0.15, -0.1) is 0 Å². The molecule has 0 atom stereocenters. The summed E-state index contributed by atoms with van der Waals surface area (Å²) in [5, 5.41) is 4.10. The van der Waals surface area contributed by atoms with Crippen molar-refractivity contribution >= 4 is 28.6 Å². The summed E-state index contributed by atoms with van der Waals surface area (Å²) >= 11 is 0. The lowest BCUT2D eigenvalue weighted by Gasteiger charge is -2.22. The summed E-state index contributed by atoms with van der Waals surface area (Å²) < 4.78 is 6.01. The topological polar surface area (TPSA) is 74.5 Å². The molecule has 1 aromatic carbocycles. The first-order valence-corrected chi connectivity index (χ1v) is 9.76. The van der Waals surface area contributed by atoms with Gasteiger partial charge in [0.1, 0.15) is 5.76 Å². The van der Waals surface area contributed by atoms with Crippen molar-refractivity contribution < 1.29 is 9.21 Å². The molecule has 3 heterocycles. The van der Waals surface area contributed by atoms with Crippen LogP contribution in [0.5, 0.6) is 0 Å². The number of rotatable bonds is 3. The number of aromatic nitrogens is 2. The van der Waals surface area contributed by atoms with Gasteiger partial charge in [-0.1, -0.05) is 19.1 Å². The second-order valence-electron chi connectivity index (χ2n) is 6.99. The van der Waals surface area contributed by atoms with Gasteiger partial charge in [0.2, 0.25) is 5.95 Å². The lowest BCUT2D eigenvalue weighted by Crippen LogP contribution is -2.38. The minimum absolute atomic E-state index is 0.101. The molecule has 1 aliphatic heterocycles. The summed E-state index contributed by atoms with van der Waals surface area (Å²) in [4.78, 5) is 25.5. The quantitative estimate of drug-likeness (QED) is 0.748. The Bertz CT molecular complexity index is 970. The number of hydrogen-bond donors (Lipinski definition) is 1. The maximum absolute atomic E-state index is 12.9. The van der Waals surface area contributed by atoms with Crippen LogP contribution < -0.4 is 10.2 Å². The molecule has 3 aromatic rings. The zero-order valence-corrected chi connectivity index (χ0v) is 16.3. The third kappa shape index (κ3) is 3.52. The molecule has 4 rings (SSSR count). The SMILES string of the molecule is CCc1oc2c(NC(=O)N3CCCN(c4ncccn4)CC3)cccc2c1C. The molecule has 0 unspecified atom stereocenters. The number of benzene rings is 1. The number of fused-ring (bicyclic) bond motifs is 1. The fourth-order valence-electron chi connectivity index (χ4n) is 3.70. The lowest BCUT2D eigenvalue weighted by molar-refractivity contribution is 0.215. The van der Waals surface area contributed by atoms with Crippen LogP contribution in [0.1, 0.15) is 24.7 Å². The Morgan fingerprint density at radius 3 is 2.75 bits per heavy atom. The number of urea groups is 1. The van der Waals surface area contributed by atoms with Crippen LogP contribution in [0.15, 0.2) is 41.1 Å². The van der Waals surface area contributed by atoms with Gasteiger partial charge in [-0.05, 0) is 31.0 Å². The van der Waals surface area contributed by atoms with Crippen LogP contribution in [0, 0.1) is 6.92 Å². The van der Waals surface area contributed by atoms with Crippen molar-refractivity contribution in [3.8, 4) is 0 Å². The van der Waals surface area contributed by atoms with E-state index in [0.29, 0.717) is 25.6 Å². The Hall–Kier alpha value is -3.09. The van der Waals surface area contributed by atoms with Gasteiger partial charge in [0.05, 0.1) is 5.69 Å². The van der Waals surface area contributed by atoms with Crippen LogP contribution in [0.25, 0.3) is 11.0 Å². The Morgan fingerprint density at radius 1 is 1.14 bits per heavy atom. The second-order valence-corrected chi connectivity index (χ2v) is 6.99. The van der Waals surface area contributed by atoms with Gasteiger partial charge >= 0.3 is 6.03 Å². The molecule has 0 spiro atoms. The third-order valence-electron chi connectivity index (χ3n) is 5.24. The molecule has 7 heteroatoms. The average Bonchev–Trinajstić information content (AvgIpc) is 2.90. The summed E-state index contributed by atoms with van der Waals surface area (Å²) in [5.74, 6) is 1.68. The Labute approximate surface area is 164 Å². The van der Waals surface area contributed by atoms with Crippen LogP contribution in [-0.2, 0) is 6.42 Å². The minimum atomic E-state index is -0.101. The highest BCUT2D eigenvalue weighted by Gasteiger charge is 2.22. The molecule has 0 aliphatic carbocycles. The molecule has 1 saturated heterocycles. The smallest absolute Gasteiger partial charge is 0.322 e. The molecule has 0 radical (unpaired) electrons. The van der Waals surface area contributed by atoms with Crippen molar-refractivity contribution in [1.82, 2.24) is 14.9 Å². The summed E-state index contributed by atoms with van der Waals surface area (Å²) in [6.07, 6.45) is 5.19. The van der Waals surface area contributed by atoms with Gasteiger partial charge < -0.3 is 19.5 Å². The van der Waals surface area contributed by atoms with Crippen LogP contribution in [0.4, 0.5) is 16.4 Å². The molecule has 0 bridgehead atoms. The summed E-state index contributed by atoms with van der Waals surface area (Å²) in [6.45, 7) is 7.00. The van der Waals surface area contributed by atoms with Crippen LogP contribution in [0.3, 0.4) is 0 Å². The molecule has 2 amide bonds. The molecule has 1 fully saturated rings. The molecular weight excluding hydrogens is 354 g/mol. The number of carbonyl (C=O) groups is 1. The van der Waals surface area contributed by atoms with Gasteiger partial charge in [0.25, 0.3) is 0 Å². The number of amides is 2. The number of aryl methyl sites for hydroxylation is 2. The molecule has 2 aromatic heterocycles. The van der Waals surface area contributed by atoms with Crippen LogP contribution >= 0.6 is 0 Å². The molecule has 146 valence electrons. The van der Waals surface area contributed by atoms with Crippen LogP contribution in [-0.4, -0.2) is 47.1 Å². The highest BCUT2D eigenvalue weighted by atomic mass is 16.3. The molecule has 0 saturated carbocycles. The largest absolute Gasteiger partial charge is 0.459 e. The maximum Gasteiger partial charge on any atom is 0.322 e. The second kappa shape index (κ2) is 7.88. The van der Waals surface area contributed by atoms with Crippen molar-refractivity contribution in [2.45, 2.75) is 26.7 Å². The molecule has 1 N–H and O–H groups in total. The Balaban J connectivity index is 1.48.